The molecule has 2 aromatic carbocycles. The molecule has 11 nitrogen and oxygen atoms in total. The van der Waals surface area contributed by atoms with Gasteiger partial charge >= 0.3 is 16.2 Å². The molecule has 0 aliphatic rings. The van der Waals surface area contributed by atoms with Crippen molar-refractivity contribution in [3.8, 4) is 5.75 Å². The highest BCUT2D eigenvalue weighted by atomic mass is 32.2. The average molecular weight is 465 g/mol. The van der Waals surface area contributed by atoms with Crippen molar-refractivity contribution < 1.29 is 31.7 Å². The number of aliphatic imine (C=N–C) groups is 1. The summed E-state index contributed by atoms with van der Waals surface area (Å²) in [5.41, 5.74) is 0.434. The summed E-state index contributed by atoms with van der Waals surface area (Å²) in [5, 5.41) is 7.78. The first kappa shape index (κ1) is 24.6. The van der Waals surface area contributed by atoms with E-state index in [1.54, 1.807) is 25.1 Å². The number of alkyl carbamates (subject to hydrolysis) is 1. The Morgan fingerprint density at radius 1 is 1.03 bits per heavy atom. The zero-order chi connectivity index (χ0) is 23.6. The first-order valence-corrected chi connectivity index (χ1v) is 10.8. The number of carbonyl (C=O) groups is 2. The third-order valence-corrected chi connectivity index (χ3v) is 5.00. The predicted octanol–water partition coefficient (Wildman–Crippen LogP) is 2.18. The molecule has 2 aromatic rings. The molecule has 0 aliphatic heterocycles. The number of carbonyl (C=O) groups excluding carboxylic acids is 2. The average Bonchev–Trinajstić information content (AvgIpc) is 2.76. The van der Waals surface area contributed by atoms with Crippen LogP contribution in [-0.4, -0.2) is 53.7 Å². The molecule has 0 spiro atoms. The Kier molecular flexibility index (Phi) is 8.98. The van der Waals surface area contributed by atoms with Crippen molar-refractivity contribution in [1.29, 1.82) is 0 Å². The molecule has 0 radical (unpaired) electrons. The minimum Gasteiger partial charge on any atom is -0.453 e. The van der Waals surface area contributed by atoms with Crippen LogP contribution in [0.3, 0.4) is 0 Å². The van der Waals surface area contributed by atoms with Gasteiger partial charge in [0, 0.05) is 25.4 Å². The lowest BCUT2D eigenvalue weighted by Gasteiger charge is -2.15. The molecular formula is C20H24N4O7S. The topological polar surface area (TPSA) is 144 Å². The summed E-state index contributed by atoms with van der Waals surface area (Å²) >= 11 is 0. The van der Waals surface area contributed by atoms with Crippen molar-refractivity contribution >= 4 is 39.5 Å². The quantitative estimate of drug-likeness (QED) is 0.306. The van der Waals surface area contributed by atoms with E-state index in [0.717, 1.165) is 0 Å². The van der Waals surface area contributed by atoms with Gasteiger partial charge in [-0.05, 0) is 31.2 Å². The number of ether oxygens (including phenoxy) is 2. The van der Waals surface area contributed by atoms with E-state index in [2.05, 4.69) is 25.7 Å². The Morgan fingerprint density at radius 2 is 1.75 bits per heavy atom. The van der Waals surface area contributed by atoms with E-state index in [-0.39, 0.29) is 28.9 Å². The van der Waals surface area contributed by atoms with Gasteiger partial charge in [0.25, 0.3) is 0 Å². The fourth-order valence-corrected chi connectivity index (χ4v) is 3.36. The number of rotatable bonds is 8. The van der Waals surface area contributed by atoms with Crippen LogP contribution in [0, 0.1) is 0 Å². The van der Waals surface area contributed by atoms with Gasteiger partial charge < -0.3 is 24.3 Å². The molecule has 3 N–H and O–H groups in total. The summed E-state index contributed by atoms with van der Waals surface area (Å²) in [6, 6.07) is 11.9. The zero-order valence-corrected chi connectivity index (χ0v) is 18.6. The first-order valence-electron chi connectivity index (χ1n) is 9.38. The van der Waals surface area contributed by atoms with E-state index in [0.29, 0.717) is 12.2 Å². The molecule has 0 aromatic heterocycles. The second kappa shape index (κ2) is 11.7. The number of methoxy groups -OCH3 is 2. The van der Waals surface area contributed by atoms with Gasteiger partial charge in [-0.15, -0.1) is 0 Å². The van der Waals surface area contributed by atoms with Crippen LogP contribution in [0.25, 0.3) is 0 Å². The number of benzene rings is 2. The summed E-state index contributed by atoms with van der Waals surface area (Å²) in [5.74, 6) is -0.583. The van der Waals surface area contributed by atoms with E-state index in [4.69, 9.17) is 8.92 Å². The monoisotopic (exact) mass is 464 g/mol. The second-order valence-electron chi connectivity index (χ2n) is 6.11. The number of guanidine groups is 1. The minimum absolute atomic E-state index is 0.0619. The van der Waals surface area contributed by atoms with E-state index in [1.165, 1.54) is 44.6 Å². The summed E-state index contributed by atoms with van der Waals surface area (Å²) in [4.78, 5) is 27.5. The lowest BCUT2D eigenvalue weighted by molar-refractivity contribution is -0.119. The fourth-order valence-electron chi connectivity index (χ4n) is 2.40. The van der Waals surface area contributed by atoms with Gasteiger partial charge in [-0.2, -0.15) is 8.42 Å². The number of hydrogen-bond acceptors (Lipinski definition) is 8. The third-order valence-electron chi connectivity index (χ3n) is 3.75. The Balaban J connectivity index is 2.39. The van der Waals surface area contributed by atoms with E-state index in [1.807, 2.05) is 0 Å². The highest BCUT2D eigenvalue weighted by Crippen LogP contribution is 2.31. The van der Waals surface area contributed by atoms with E-state index in [9.17, 15) is 18.0 Å². The van der Waals surface area contributed by atoms with Gasteiger partial charge in [0.2, 0.25) is 11.9 Å². The van der Waals surface area contributed by atoms with E-state index < -0.39 is 22.1 Å². The number of nitrogens with zero attached hydrogens (tertiary/aromatic N) is 1. The molecule has 172 valence electrons. The molecule has 0 bridgehead atoms. The molecule has 0 fully saturated rings. The molecule has 2 rings (SSSR count). The summed E-state index contributed by atoms with van der Waals surface area (Å²) < 4.78 is 40.1. The van der Waals surface area contributed by atoms with Gasteiger partial charge in [0.05, 0.1) is 12.8 Å². The van der Waals surface area contributed by atoms with Crippen LogP contribution in [0.5, 0.6) is 5.75 Å². The van der Waals surface area contributed by atoms with Crippen LogP contribution in [0.15, 0.2) is 58.4 Å². The van der Waals surface area contributed by atoms with E-state index >= 15 is 0 Å². The van der Waals surface area contributed by atoms with Crippen LogP contribution in [0.1, 0.15) is 6.92 Å². The lowest BCUT2D eigenvalue weighted by Crippen LogP contribution is -2.36. The normalized spacial score (nSPS) is 11.4. The third kappa shape index (κ3) is 7.25. The summed E-state index contributed by atoms with van der Waals surface area (Å²) in [6.07, 6.45) is -0.740. The van der Waals surface area contributed by atoms with Crippen LogP contribution < -0.4 is 20.1 Å². The van der Waals surface area contributed by atoms with Crippen LogP contribution in [0.4, 0.5) is 16.2 Å². The summed E-state index contributed by atoms with van der Waals surface area (Å²) in [6.45, 7) is 1.88. The largest absolute Gasteiger partial charge is 0.453 e. The van der Waals surface area contributed by atoms with Crippen molar-refractivity contribution in [2.75, 3.05) is 38.0 Å². The molecule has 0 unspecified atom stereocenters. The molecule has 0 saturated carbocycles. The van der Waals surface area contributed by atoms with Gasteiger partial charge in [0.15, 0.2) is 5.75 Å². The fraction of sp³-hybridized carbons (Fsp3) is 0.250. The second-order valence-corrected chi connectivity index (χ2v) is 7.65. The molecular weight excluding hydrogens is 440 g/mol. The van der Waals surface area contributed by atoms with Crippen molar-refractivity contribution in [1.82, 2.24) is 5.32 Å². The summed E-state index contributed by atoms with van der Waals surface area (Å²) in [7, 11) is -1.63. The SMILES string of the molecule is CCN=C(NC(=O)OC)Nc1ccc(NC(=O)COC)c(OS(=O)(=O)c2ccccc2)c1. The highest BCUT2D eigenvalue weighted by molar-refractivity contribution is 7.87. The Bertz CT molecular complexity index is 1070. The molecule has 2 amide bonds. The van der Waals surface area contributed by atoms with Gasteiger partial charge in [0.1, 0.15) is 11.5 Å². The minimum atomic E-state index is -4.19. The number of nitrogens with one attached hydrogen (secondary N) is 3. The molecule has 0 atom stereocenters. The van der Waals surface area contributed by atoms with Gasteiger partial charge in [-0.3, -0.25) is 15.1 Å². The number of hydrogen-bond donors (Lipinski definition) is 3. The Labute approximate surface area is 185 Å². The zero-order valence-electron chi connectivity index (χ0n) is 17.7. The molecule has 0 heterocycles. The highest BCUT2D eigenvalue weighted by Gasteiger charge is 2.20. The smallest absolute Gasteiger partial charge is 0.413 e. The lowest BCUT2D eigenvalue weighted by atomic mass is 10.2. The molecule has 0 aliphatic carbocycles. The molecule has 12 heteroatoms. The van der Waals surface area contributed by atoms with Gasteiger partial charge in [-0.25, -0.2) is 4.79 Å². The van der Waals surface area contributed by atoms with Crippen molar-refractivity contribution in [3.05, 3.63) is 48.5 Å². The maximum absolute atomic E-state index is 12.7. The van der Waals surface area contributed by atoms with Crippen LogP contribution in [-0.2, 0) is 24.4 Å². The van der Waals surface area contributed by atoms with Crippen molar-refractivity contribution in [2.45, 2.75) is 11.8 Å². The maximum atomic E-state index is 12.7. The Hall–Kier alpha value is -3.64. The number of amides is 2. The molecule has 0 saturated heterocycles. The van der Waals surface area contributed by atoms with Crippen molar-refractivity contribution in [3.63, 3.8) is 0 Å². The van der Waals surface area contributed by atoms with Gasteiger partial charge in [-0.1, -0.05) is 18.2 Å². The maximum Gasteiger partial charge on any atom is 0.413 e. The van der Waals surface area contributed by atoms with Crippen LogP contribution >= 0.6 is 0 Å². The van der Waals surface area contributed by atoms with Crippen molar-refractivity contribution in [2.24, 2.45) is 4.99 Å². The number of anilines is 2. The standard InChI is InChI=1S/C20H24N4O7S/c1-4-21-19(24-20(26)30-3)22-14-10-11-16(23-18(25)13-29-2)17(12-14)31-32(27,28)15-8-6-5-7-9-15/h5-12H,4,13H2,1-3H3,(H,23,25)(H2,21,22,24,26). The van der Waals surface area contributed by atoms with Crippen LogP contribution in [0.2, 0.25) is 0 Å². The Morgan fingerprint density at radius 3 is 2.38 bits per heavy atom. The first-order chi connectivity index (χ1) is 15.3. The molecule has 32 heavy (non-hydrogen) atoms. The predicted molar refractivity (Wildman–Crippen MR) is 118 cm³/mol.